The standard InChI is InChI=1S/C13H21N3OS/c1-9-12(18-10(2)16-9)13(17)15-7-5-11-4-3-6-14-8-11/h11,14H,3-8H2,1-2H3,(H,15,17). The molecular weight excluding hydrogens is 246 g/mol. The van der Waals surface area contributed by atoms with Crippen LogP contribution in [0.4, 0.5) is 0 Å². The normalized spacial score (nSPS) is 19.8. The van der Waals surface area contributed by atoms with Gasteiger partial charge in [-0.05, 0) is 52.1 Å². The summed E-state index contributed by atoms with van der Waals surface area (Å²) < 4.78 is 0. The smallest absolute Gasteiger partial charge is 0.263 e. The number of carbonyl (C=O) groups is 1. The molecule has 1 saturated heterocycles. The zero-order valence-electron chi connectivity index (χ0n) is 11.1. The molecule has 1 aromatic heterocycles. The van der Waals surface area contributed by atoms with Gasteiger partial charge in [-0.1, -0.05) is 0 Å². The highest BCUT2D eigenvalue weighted by atomic mass is 32.1. The van der Waals surface area contributed by atoms with Crippen molar-refractivity contribution in [2.75, 3.05) is 19.6 Å². The Balaban J connectivity index is 1.76. The maximum absolute atomic E-state index is 12.0. The molecule has 1 aromatic rings. The Morgan fingerprint density at radius 2 is 2.39 bits per heavy atom. The number of hydrogen-bond donors (Lipinski definition) is 2. The number of nitrogens with zero attached hydrogens (tertiary/aromatic N) is 1. The van der Waals surface area contributed by atoms with Crippen LogP contribution in [0.2, 0.25) is 0 Å². The molecule has 1 unspecified atom stereocenters. The molecule has 0 saturated carbocycles. The van der Waals surface area contributed by atoms with Crippen LogP contribution in [0.15, 0.2) is 0 Å². The fourth-order valence-corrected chi connectivity index (χ4v) is 3.22. The molecule has 1 atom stereocenters. The first-order chi connectivity index (χ1) is 8.66. The number of hydrogen-bond acceptors (Lipinski definition) is 4. The maximum atomic E-state index is 12.0. The van der Waals surface area contributed by atoms with Crippen molar-refractivity contribution in [3.63, 3.8) is 0 Å². The van der Waals surface area contributed by atoms with E-state index in [1.807, 2.05) is 13.8 Å². The van der Waals surface area contributed by atoms with Gasteiger partial charge in [-0.25, -0.2) is 4.98 Å². The quantitative estimate of drug-likeness (QED) is 0.876. The summed E-state index contributed by atoms with van der Waals surface area (Å²) in [6.45, 7) is 6.82. The largest absolute Gasteiger partial charge is 0.351 e. The number of aromatic nitrogens is 1. The van der Waals surface area contributed by atoms with E-state index >= 15 is 0 Å². The van der Waals surface area contributed by atoms with Crippen LogP contribution >= 0.6 is 11.3 Å². The Morgan fingerprint density at radius 1 is 1.56 bits per heavy atom. The molecule has 1 amide bonds. The van der Waals surface area contributed by atoms with Gasteiger partial charge in [-0.3, -0.25) is 4.79 Å². The highest BCUT2D eigenvalue weighted by molar-refractivity contribution is 7.13. The molecule has 1 aliphatic rings. The lowest BCUT2D eigenvalue weighted by molar-refractivity contribution is 0.0954. The minimum absolute atomic E-state index is 0.0295. The number of rotatable bonds is 4. The summed E-state index contributed by atoms with van der Waals surface area (Å²) in [6, 6.07) is 0. The number of aryl methyl sites for hydroxylation is 2. The molecule has 18 heavy (non-hydrogen) atoms. The SMILES string of the molecule is Cc1nc(C)c(C(=O)NCCC2CCCNC2)s1. The minimum Gasteiger partial charge on any atom is -0.351 e. The molecule has 0 aromatic carbocycles. The van der Waals surface area contributed by atoms with Gasteiger partial charge in [0.1, 0.15) is 4.88 Å². The summed E-state index contributed by atoms with van der Waals surface area (Å²) in [5.41, 5.74) is 0.842. The number of piperidine rings is 1. The van der Waals surface area contributed by atoms with Crippen LogP contribution in [-0.4, -0.2) is 30.5 Å². The third-order valence-corrected chi connectivity index (χ3v) is 4.42. The first-order valence-electron chi connectivity index (χ1n) is 6.59. The molecule has 1 aliphatic heterocycles. The first kappa shape index (κ1) is 13.5. The van der Waals surface area contributed by atoms with Gasteiger partial charge in [0, 0.05) is 6.54 Å². The number of carbonyl (C=O) groups excluding carboxylic acids is 1. The predicted molar refractivity (Wildman–Crippen MR) is 74.1 cm³/mol. The Kier molecular flexibility index (Phi) is 4.72. The van der Waals surface area contributed by atoms with Crippen molar-refractivity contribution in [2.45, 2.75) is 33.1 Å². The van der Waals surface area contributed by atoms with E-state index in [9.17, 15) is 4.79 Å². The lowest BCUT2D eigenvalue weighted by Crippen LogP contribution is -2.33. The zero-order valence-corrected chi connectivity index (χ0v) is 11.9. The Bertz CT molecular complexity index is 410. The molecule has 0 aliphatic carbocycles. The van der Waals surface area contributed by atoms with Crippen molar-refractivity contribution in [2.24, 2.45) is 5.92 Å². The van der Waals surface area contributed by atoms with E-state index < -0.39 is 0 Å². The van der Waals surface area contributed by atoms with Crippen LogP contribution in [0.25, 0.3) is 0 Å². The summed E-state index contributed by atoms with van der Waals surface area (Å²) in [6.07, 6.45) is 3.60. The van der Waals surface area contributed by atoms with Gasteiger partial charge in [-0.15, -0.1) is 11.3 Å². The van der Waals surface area contributed by atoms with Gasteiger partial charge in [0.05, 0.1) is 10.7 Å². The second-order valence-corrected chi connectivity index (χ2v) is 6.11. The Morgan fingerprint density at radius 3 is 3.00 bits per heavy atom. The van der Waals surface area contributed by atoms with E-state index in [0.29, 0.717) is 5.92 Å². The van der Waals surface area contributed by atoms with E-state index in [1.54, 1.807) is 0 Å². The van der Waals surface area contributed by atoms with E-state index in [2.05, 4.69) is 15.6 Å². The maximum Gasteiger partial charge on any atom is 0.263 e. The van der Waals surface area contributed by atoms with E-state index in [0.717, 1.165) is 41.6 Å². The highest BCUT2D eigenvalue weighted by Gasteiger charge is 2.15. The van der Waals surface area contributed by atoms with Gasteiger partial charge in [-0.2, -0.15) is 0 Å². The monoisotopic (exact) mass is 267 g/mol. The van der Waals surface area contributed by atoms with Crippen LogP contribution in [0.3, 0.4) is 0 Å². The first-order valence-corrected chi connectivity index (χ1v) is 7.41. The third-order valence-electron chi connectivity index (χ3n) is 3.35. The molecule has 2 rings (SSSR count). The minimum atomic E-state index is 0.0295. The van der Waals surface area contributed by atoms with E-state index in [-0.39, 0.29) is 5.91 Å². The van der Waals surface area contributed by atoms with Crippen LogP contribution in [-0.2, 0) is 0 Å². The average Bonchev–Trinajstić information content (AvgIpc) is 2.70. The molecule has 2 heterocycles. The van der Waals surface area contributed by atoms with Gasteiger partial charge in [0.2, 0.25) is 0 Å². The number of amides is 1. The second kappa shape index (κ2) is 6.29. The fourth-order valence-electron chi connectivity index (χ4n) is 2.38. The van der Waals surface area contributed by atoms with Gasteiger partial charge in [0.25, 0.3) is 5.91 Å². The number of nitrogens with one attached hydrogen (secondary N) is 2. The van der Waals surface area contributed by atoms with Crippen molar-refractivity contribution in [3.05, 3.63) is 15.6 Å². The van der Waals surface area contributed by atoms with Crippen molar-refractivity contribution >= 4 is 17.2 Å². The number of thiazole rings is 1. The molecule has 2 N–H and O–H groups in total. The molecule has 0 bridgehead atoms. The summed E-state index contributed by atoms with van der Waals surface area (Å²) in [7, 11) is 0. The van der Waals surface area contributed by atoms with Gasteiger partial charge < -0.3 is 10.6 Å². The summed E-state index contributed by atoms with van der Waals surface area (Å²) in [5.74, 6) is 0.741. The average molecular weight is 267 g/mol. The molecule has 0 radical (unpaired) electrons. The van der Waals surface area contributed by atoms with Crippen molar-refractivity contribution < 1.29 is 4.79 Å². The van der Waals surface area contributed by atoms with Crippen molar-refractivity contribution in [1.29, 1.82) is 0 Å². The molecule has 0 spiro atoms. The topological polar surface area (TPSA) is 54.0 Å². The lowest BCUT2D eigenvalue weighted by Gasteiger charge is -2.22. The summed E-state index contributed by atoms with van der Waals surface area (Å²) in [4.78, 5) is 17.0. The molecular formula is C13H21N3OS. The molecule has 5 heteroatoms. The van der Waals surface area contributed by atoms with Gasteiger partial charge in [0.15, 0.2) is 0 Å². The predicted octanol–water partition coefficient (Wildman–Crippen LogP) is 1.88. The zero-order chi connectivity index (χ0) is 13.0. The van der Waals surface area contributed by atoms with E-state index in [1.165, 1.54) is 24.2 Å². The molecule has 1 fully saturated rings. The van der Waals surface area contributed by atoms with E-state index in [4.69, 9.17) is 0 Å². The van der Waals surface area contributed by atoms with Crippen LogP contribution < -0.4 is 10.6 Å². The van der Waals surface area contributed by atoms with Gasteiger partial charge >= 0.3 is 0 Å². The summed E-state index contributed by atoms with van der Waals surface area (Å²) >= 11 is 1.47. The Labute approximate surface area is 112 Å². The highest BCUT2D eigenvalue weighted by Crippen LogP contribution is 2.17. The van der Waals surface area contributed by atoms with Crippen LogP contribution in [0.5, 0.6) is 0 Å². The van der Waals surface area contributed by atoms with Crippen molar-refractivity contribution in [1.82, 2.24) is 15.6 Å². The Hall–Kier alpha value is -0.940. The van der Waals surface area contributed by atoms with Crippen LogP contribution in [0, 0.1) is 19.8 Å². The summed E-state index contributed by atoms with van der Waals surface area (Å²) in [5, 5.41) is 7.35. The van der Waals surface area contributed by atoms with Crippen LogP contribution in [0.1, 0.15) is 39.6 Å². The fraction of sp³-hybridized carbons (Fsp3) is 0.692. The van der Waals surface area contributed by atoms with Crippen molar-refractivity contribution in [3.8, 4) is 0 Å². The molecule has 100 valence electrons. The second-order valence-electron chi connectivity index (χ2n) is 4.90. The molecule has 4 nitrogen and oxygen atoms in total. The third kappa shape index (κ3) is 3.53. The lowest BCUT2D eigenvalue weighted by atomic mass is 9.96.